The Morgan fingerprint density at radius 1 is 1.21 bits per heavy atom. The number of carbonyl (C=O) groups is 1. The van der Waals surface area contributed by atoms with E-state index in [1.54, 1.807) is 24.3 Å². The molecule has 0 aliphatic heterocycles. The summed E-state index contributed by atoms with van der Waals surface area (Å²) in [5.74, 6) is 1.12. The third-order valence-corrected chi connectivity index (χ3v) is 5.39. The highest BCUT2D eigenvalue weighted by atomic mass is 35.5. The molecule has 1 amide bonds. The Hall–Kier alpha value is -2.28. The Kier molecular flexibility index (Phi) is 5.67. The summed E-state index contributed by atoms with van der Waals surface area (Å²) in [6.07, 6.45) is 3.85. The lowest BCUT2D eigenvalue weighted by Crippen LogP contribution is -2.30. The molecule has 2 aromatic heterocycles. The number of carbonyl (C=O) groups excluding carboxylic acids is 1. The Labute approximate surface area is 182 Å². The maximum absolute atomic E-state index is 12.7. The topological polar surface area (TPSA) is 77.3 Å². The molecule has 150 valence electrons. The number of nitrogens with zero attached hydrogens (tertiary/aromatic N) is 2. The van der Waals surface area contributed by atoms with E-state index in [2.05, 4.69) is 15.3 Å². The standard InChI is InChI=1S/C20H16Cl3N3O3/c1-28-17-8-13(14(23)9-24-17)20-26-16-4-2-3-15(18(16)29-20)25-19(27)10-5-11(21)7-12(22)6-10/h5-9,15H,2-4H2,1H3,(H,25,27). The van der Waals surface area contributed by atoms with Gasteiger partial charge in [0.05, 0.1) is 35.6 Å². The highest BCUT2D eigenvalue weighted by Gasteiger charge is 2.29. The number of methoxy groups -OCH3 is 1. The molecule has 0 fully saturated rings. The number of ether oxygens (including phenoxy) is 1. The predicted molar refractivity (Wildman–Crippen MR) is 111 cm³/mol. The van der Waals surface area contributed by atoms with Gasteiger partial charge in [0.2, 0.25) is 11.8 Å². The van der Waals surface area contributed by atoms with E-state index in [0.29, 0.717) is 43.7 Å². The summed E-state index contributed by atoms with van der Waals surface area (Å²) in [5, 5.41) is 4.19. The summed E-state index contributed by atoms with van der Waals surface area (Å²) < 4.78 is 11.2. The smallest absolute Gasteiger partial charge is 0.251 e. The molecule has 29 heavy (non-hydrogen) atoms. The van der Waals surface area contributed by atoms with E-state index in [-0.39, 0.29) is 11.9 Å². The minimum atomic E-state index is -0.312. The van der Waals surface area contributed by atoms with Gasteiger partial charge in [0.25, 0.3) is 5.91 Å². The van der Waals surface area contributed by atoms with Gasteiger partial charge in [-0.15, -0.1) is 0 Å². The van der Waals surface area contributed by atoms with Crippen molar-refractivity contribution in [2.24, 2.45) is 0 Å². The second-order valence-electron chi connectivity index (χ2n) is 6.61. The Morgan fingerprint density at radius 2 is 1.97 bits per heavy atom. The molecule has 0 radical (unpaired) electrons. The third kappa shape index (κ3) is 4.20. The maximum Gasteiger partial charge on any atom is 0.251 e. The van der Waals surface area contributed by atoms with Crippen LogP contribution in [0, 0.1) is 0 Å². The fourth-order valence-corrected chi connectivity index (χ4v) is 4.00. The van der Waals surface area contributed by atoms with Crippen LogP contribution in [-0.4, -0.2) is 23.0 Å². The molecule has 4 rings (SSSR count). The minimum Gasteiger partial charge on any atom is -0.481 e. The van der Waals surface area contributed by atoms with Crippen LogP contribution in [0.1, 0.15) is 40.7 Å². The van der Waals surface area contributed by atoms with Crippen LogP contribution in [0.5, 0.6) is 5.88 Å². The number of nitrogens with one attached hydrogen (secondary N) is 1. The van der Waals surface area contributed by atoms with Crippen LogP contribution in [0.4, 0.5) is 0 Å². The fraction of sp³-hybridized carbons (Fsp3) is 0.250. The van der Waals surface area contributed by atoms with Gasteiger partial charge in [-0.25, -0.2) is 9.97 Å². The highest BCUT2D eigenvalue weighted by molar-refractivity contribution is 6.35. The number of benzene rings is 1. The SMILES string of the molecule is COc1cc(-c2nc3c(o2)C(NC(=O)c2cc(Cl)cc(Cl)c2)CCC3)c(Cl)cn1. The van der Waals surface area contributed by atoms with Crippen molar-refractivity contribution in [3.05, 3.63) is 62.5 Å². The number of hydrogen-bond donors (Lipinski definition) is 1. The molecule has 0 spiro atoms. The first-order valence-electron chi connectivity index (χ1n) is 8.91. The molecule has 1 aromatic carbocycles. The second kappa shape index (κ2) is 8.22. The molecule has 3 aromatic rings. The summed E-state index contributed by atoms with van der Waals surface area (Å²) in [6.45, 7) is 0. The normalized spacial score (nSPS) is 15.7. The van der Waals surface area contributed by atoms with E-state index < -0.39 is 0 Å². The molecule has 1 aliphatic rings. The zero-order chi connectivity index (χ0) is 20.5. The molecule has 1 N–H and O–H groups in total. The average molecular weight is 453 g/mol. The van der Waals surface area contributed by atoms with Crippen molar-refractivity contribution in [3.8, 4) is 17.3 Å². The van der Waals surface area contributed by atoms with E-state index >= 15 is 0 Å². The third-order valence-electron chi connectivity index (χ3n) is 4.65. The molecular formula is C20H16Cl3N3O3. The summed E-state index contributed by atoms with van der Waals surface area (Å²) >= 11 is 18.3. The zero-order valence-corrected chi connectivity index (χ0v) is 17.6. The van der Waals surface area contributed by atoms with Crippen LogP contribution >= 0.6 is 34.8 Å². The van der Waals surface area contributed by atoms with E-state index in [0.717, 1.165) is 25.0 Å². The molecule has 0 saturated heterocycles. The van der Waals surface area contributed by atoms with Crippen molar-refractivity contribution in [1.29, 1.82) is 0 Å². The largest absolute Gasteiger partial charge is 0.481 e. The van der Waals surface area contributed by atoms with Crippen LogP contribution in [0.25, 0.3) is 11.5 Å². The van der Waals surface area contributed by atoms with Gasteiger partial charge in [-0.1, -0.05) is 34.8 Å². The van der Waals surface area contributed by atoms with Gasteiger partial charge in [0.1, 0.15) is 5.76 Å². The highest BCUT2D eigenvalue weighted by Crippen LogP contribution is 2.36. The predicted octanol–water partition coefficient (Wildman–Crippen LogP) is 5.51. The number of pyridine rings is 1. The first kappa shape index (κ1) is 20.0. The molecule has 2 heterocycles. The van der Waals surface area contributed by atoms with Gasteiger partial charge in [-0.3, -0.25) is 4.79 Å². The van der Waals surface area contributed by atoms with Gasteiger partial charge in [0.15, 0.2) is 0 Å². The monoisotopic (exact) mass is 451 g/mol. The second-order valence-corrected chi connectivity index (χ2v) is 7.89. The number of rotatable bonds is 4. The Balaban J connectivity index is 1.63. The number of oxazole rings is 1. The molecule has 0 saturated carbocycles. The van der Waals surface area contributed by atoms with Crippen LogP contribution in [0.3, 0.4) is 0 Å². The Morgan fingerprint density at radius 3 is 2.69 bits per heavy atom. The van der Waals surface area contributed by atoms with E-state index in [1.165, 1.54) is 13.3 Å². The summed E-state index contributed by atoms with van der Waals surface area (Å²) in [7, 11) is 1.52. The van der Waals surface area contributed by atoms with Crippen molar-refractivity contribution in [2.45, 2.75) is 25.3 Å². The Bertz CT molecular complexity index is 1060. The van der Waals surface area contributed by atoms with Crippen LogP contribution in [0.15, 0.2) is 34.9 Å². The summed E-state index contributed by atoms with van der Waals surface area (Å²) in [4.78, 5) is 21.4. The zero-order valence-electron chi connectivity index (χ0n) is 15.3. The number of fused-ring (bicyclic) bond motifs is 1. The fourth-order valence-electron chi connectivity index (χ4n) is 3.29. The molecule has 1 aliphatic carbocycles. The molecule has 1 atom stereocenters. The molecule has 0 bridgehead atoms. The first-order chi connectivity index (χ1) is 13.9. The van der Waals surface area contributed by atoms with Crippen molar-refractivity contribution >= 4 is 40.7 Å². The van der Waals surface area contributed by atoms with Crippen LogP contribution in [0.2, 0.25) is 15.1 Å². The van der Waals surface area contributed by atoms with Crippen molar-refractivity contribution < 1.29 is 13.9 Å². The molecule has 1 unspecified atom stereocenters. The lowest BCUT2D eigenvalue weighted by atomic mass is 9.96. The molecular weight excluding hydrogens is 437 g/mol. The summed E-state index contributed by atoms with van der Waals surface area (Å²) in [6, 6.07) is 6.07. The van der Waals surface area contributed by atoms with Gasteiger partial charge < -0.3 is 14.5 Å². The number of amides is 1. The van der Waals surface area contributed by atoms with E-state index in [4.69, 9.17) is 44.0 Å². The average Bonchev–Trinajstić information content (AvgIpc) is 3.12. The van der Waals surface area contributed by atoms with Crippen LogP contribution < -0.4 is 10.1 Å². The minimum absolute atomic E-state index is 0.284. The lowest BCUT2D eigenvalue weighted by Gasteiger charge is -2.21. The van der Waals surface area contributed by atoms with E-state index in [9.17, 15) is 4.79 Å². The molecule has 6 nitrogen and oxygen atoms in total. The lowest BCUT2D eigenvalue weighted by molar-refractivity contribution is 0.0927. The number of aryl methyl sites for hydroxylation is 1. The van der Waals surface area contributed by atoms with Gasteiger partial charge in [-0.2, -0.15) is 0 Å². The number of aromatic nitrogens is 2. The number of halogens is 3. The van der Waals surface area contributed by atoms with Crippen LogP contribution in [-0.2, 0) is 6.42 Å². The molecule has 9 heteroatoms. The van der Waals surface area contributed by atoms with Gasteiger partial charge in [-0.05, 0) is 37.5 Å². The van der Waals surface area contributed by atoms with Crippen molar-refractivity contribution in [1.82, 2.24) is 15.3 Å². The number of hydrogen-bond acceptors (Lipinski definition) is 5. The van der Waals surface area contributed by atoms with Crippen molar-refractivity contribution in [3.63, 3.8) is 0 Å². The maximum atomic E-state index is 12.7. The van der Waals surface area contributed by atoms with Crippen molar-refractivity contribution in [2.75, 3.05) is 7.11 Å². The summed E-state index contributed by atoms with van der Waals surface area (Å²) in [5.41, 5.74) is 1.77. The van der Waals surface area contributed by atoms with Gasteiger partial charge in [0, 0.05) is 21.7 Å². The first-order valence-corrected chi connectivity index (χ1v) is 10.0. The van der Waals surface area contributed by atoms with Gasteiger partial charge >= 0.3 is 0 Å². The quantitative estimate of drug-likeness (QED) is 0.564. The van der Waals surface area contributed by atoms with E-state index in [1.807, 2.05) is 0 Å².